The average Bonchev–Trinajstić information content (AvgIpc) is 3.91. The minimum Gasteiger partial charge on any atom is -0.456 e. The van der Waals surface area contributed by atoms with Gasteiger partial charge in [-0.2, -0.15) is 0 Å². The van der Waals surface area contributed by atoms with Crippen LogP contribution in [0.4, 0.5) is 17.1 Å². The fourth-order valence-corrected chi connectivity index (χ4v) is 9.47. The SMILES string of the molecule is c1ccc(-c2ccccc2N(c2ccc(-c3cccc(-c4cccc5oc6ccccc6c45)c3)cc2)c2ccc(-c3cccc(-n4c5ccccc5c5ccccc54)c3)cc2)cc1. The summed E-state index contributed by atoms with van der Waals surface area (Å²) in [5, 5.41) is 4.81. The van der Waals surface area contributed by atoms with Gasteiger partial charge < -0.3 is 13.9 Å². The van der Waals surface area contributed by atoms with E-state index in [0.717, 1.165) is 66.9 Å². The molecule has 10 aromatic carbocycles. The van der Waals surface area contributed by atoms with Crippen LogP contribution in [0.2, 0.25) is 0 Å². The number of rotatable bonds is 8. The molecule has 3 heteroatoms. The van der Waals surface area contributed by atoms with Gasteiger partial charge in [0.1, 0.15) is 11.2 Å². The summed E-state index contributed by atoms with van der Waals surface area (Å²) in [5.74, 6) is 0. The molecule has 0 bridgehead atoms. The maximum Gasteiger partial charge on any atom is 0.136 e. The number of fused-ring (bicyclic) bond motifs is 6. The quantitative estimate of drug-likeness (QED) is 0.153. The summed E-state index contributed by atoms with van der Waals surface area (Å²) in [6.07, 6.45) is 0. The summed E-state index contributed by atoms with van der Waals surface area (Å²) < 4.78 is 8.62. The van der Waals surface area contributed by atoms with Gasteiger partial charge in [0.2, 0.25) is 0 Å². The van der Waals surface area contributed by atoms with Crippen molar-refractivity contribution in [2.75, 3.05) is 4.90 Å². The lowest BCUT2D eigenvalue weighted by molar-refractivity contribution is 0.669. The number of hydrogen-bond acceptors (Lipinski definition) is 2. The van der Waals surface area contributed by atoms with Crippen LogP contribution in [-0.4, -0.2) is 4.57 Å². The molecular weight excluding hydrogens is 765 g/mol. The Kier molecular flexibility index (Phi) is 8.83. The molecule has 63 heavy (non-hydrogen) atoms. The van der Waals surface area contributed by atoms with E-state index in [9.17, 15) is 0 Å². The third kappa shape index (κ3) is 6.38. The Balaban J connectivity index is 0.925. The van der Waals surface area contributed by atoms with Gasteiger partial charge in [0, 0.05) is 44.2 Å². The van der Waals surface area contributed by atoms with Gasteiger partial charge in [0.25, 0.3) is 0 Å². The lowest BCUT2D eigenvalue weighted by Crippen LogP contribution is -2.11. The molecule has 12 aromatic rings. The van der Waals surface area contributed by atoms with E-state index < -0.39 is 0 Å². The van der Waals surface area contributed by atoms with Crippen molar-refractivity contribution < 1.29 is 4.42 Å². The van der Waals surface area contributed by atoms with Crippen LogP contribution in [0.15, 0.2) is 247 Å². The van der Waals surface area contributed by atoms with Crippen molar-refractivity contribution in [1.29, 1.82) is 0 Å². The molecule has 0 saturated carbocycles. The van der Waals surface area contributed by atoms with Crippen LogP contribution in [0.25, 0.3) is 93.9 Å². The van der Waals surface area contributed by atoms with Crippen molar-refractivity contribution in [1.82, 2.24) is 4.57 Å². The molecule has 0 fully saturated rings. The molecule has 2 heterocycles. The molecule has 2 aromatic heterocycles. The molecule has 12 rings (SSSR count). The fourth-order valence-electron chi connectivity index (χ4n) is 9.47. The first-order valence-corrected chi connectivity index (χ1v) is 21.5. The largest absolute Gasteiger partial charge is 0.456 e. The number of para-hydroxylation sites is 4. The lowest BCUT2D eigenvalue weighted by Gasteiger charge is -2.28. The molecule has 0 aliphatic rings. The Morgan fingerprint density at radius 3 is 1.54 bits per heavy atom. The van der Waals surface area contributed by atoms with Crippen LogP contribution in [0, 0.1) is 0 Å². The maximum absolute atomic E-state index is 6.24. The van der Waals surface area contributed by atoms with Crippen molar-refractivity contribution >= 4 is 60.8 Å². The van der Waals surface area contributed by atoms with Gasteiger partial charge in [-0.25, -0.2) is 0 Å². The molecule has 0 unspecified atom stereocenters. The Morgan fingerprint density at radius 1 is 0.317 bits per heavy atom. The lowest BCUT2D eigenvalue weighted by atomic mass is 9.95. The number of aromatic nitrogens is 1. The third-order valence-corrected chi connectivity index (χ3v) is 12.4. The zero-order chi connectivity index (χ0) is 41.7. The first-order chi connectivity index (χ1) is 31.2. The minimum atomic E-state index is 0.903. The van der Waals surface area contributed by atoms with Gasteiger partial charge in [-0.05, 0) is 112 Å². The molecular formula is C60H40N2O. The van der Waals surface area contributed by atoms with Crippen molar-refractivity contribution in [3.8, 4) is 50.2 Å². The second-order valence-electron chi connectivity index (χ2n) is 16.1. The molecule has 0 spiro atoms. The molecule has 0 aliphatic carbocycles. The van der Waals surface area contributed by atoms with E-state index in [1.165, 1.54) is 44.1 Å². The highest BCUT2D eigenvalue weighted by molar-refractivity contribution is 6.12. The number of hydrogen-bond donors (Lipinski definition) is 0. The molecule has 0 aliphatic heterocycles. The molecule has 3 nitrogen and oxygen atoms in total. The van der Waals surface area contributed by atoms with E-state index in [2.05, 4.69) is 240 Å². The monoisotopic (exact) mass is 804 g/mol. The number of benzene rings is 10. The fraction of sp³-hybridized carbons (Fsp3) is 0. The first kappa shape index (κ1) is 36.5. The summed E-state index contributed by atoms with van der Waals surface area (Å²) in [7, 11) is 0. The van der Waals surface area contributed by atoms with Gasteiger partial charge in [0.15, 0.2) is 0 Å². The highest BCUT2D eigenvalue weighted by atomic mass is 16.3. The highest BCUT2D eigenvalue weighted by Gasteiger charge is 2.19. The Hall–Kier alpha value is -8.40. The summed E-state index contributed by atoms with van der Waals surface area (Å²) in [5.41, 5.74) is 17.9. The topological polar surface area (TPSA) is 21.3 Å². The van der Waals surface area contributed by atoms with E-state index >= 15 is 0 Å². The maximum atomic E-state index is 6.24. The van der Waals surface area contributed by atoms with E-state index in [1.54, 1.807) is 0 Å². The molecule has 0 saturated heterocycles. The van der Waals surface area contributed by atoms with E-state index in [-0.39, 0.29) is 0 Å². The van der Waals surface area contributed by atoms with Gasteiger partial charge in [-0.3, -0.25) is 0 Å². The van der Waals surface area contributed by atoms with Crippen LogP contribution < -0.4 is 4.90 Å². The molecule has 296 valence electrons. The predicted molar refractivity (Wildman–Crippen MR) is 264 cm³/mol. The number of nitrogens with zero attached hydrogens (tertiary/aromatic N) is 2. The van der Waals surface area contributed by atoms with E-state index in [1.807, 2.05) is 12.1 Å². The summed E-state index contributed by atoms with van der Waals surface area (Å²) in [6.45, 7) is 0. The van der Waals surface area contributed by atoms with Gasteiger partial charge in [-0.15, -0.1) is 0 Å². The van der Waals surface area contributed by atoms with Crippen molar-refractivity contribution in [3.05, 3.63) is 243 Å². The molecule has 0 amide bonds. The van der Waals surface area contributed by atoms with Crippen LogP contribution >= 0.6 is 0 Å². The predicted octanol–water partition coefficient (Wildman–Crippen LogP) is 16.8. The second-order valence-corrected chi connectivity index (χ2v) is 16.1. The second kappa shape index (κ2) is 15.3. The zero-order valence-electron chi connectivity index (χ0n) is 34.4. The van der Waals surface area contributed by atoms with Gasteiger partial charge >= 0.3 is 0 Å². The van der Waals surface area contributed by atoms with Crippen LogP contribution in [-0.2, 0) is 0 Å². The van der Waals surface area contributed by atoms with Crippen LogP contribution in [0.5, 0.6) is 0 Å². The molecule has 0 atom stereocenters. The minimum absolute atomic E-state index is 0.903. The van der Waals surface area contributed by atoms with Gasteiger partial charge in [0.05, 0.1) is 16.7 Å². The number of anilines is 3. The summed E-state index contributed by atoms with van der Waals surface area (Å²) >= 11 is 0. The first-order valence-electron chi connectivity index (χ1n) is 21.5. The van der Waals surface area contributed by atoms with Crippen LogP contribution in [0.3, 0.4) is 0 Å². The molecule has 0 radical (unpaired) electrons. The van der Waals surface area contributed by atoms with Crippen molar-refractivity contribution in [2.45, 2.75) is 0 Å². The van der Waals surface area contributed by atoms with Crippen molar-refractivity contribution in [2.24, 2.45) is 0 Å². The molecule has 0 N–H and O–H groups in total. The van der Waals surface area contributed by atoms with Crippen molar-refractivity contribution in [3.63, 3.8) is 0 Å². The smallest absolute Gasteiger partial charge is 0.136 e. The summed E-state index contributed by atoms with van der Waals surface area (Å²) in [6, 6.07) is 87.1. The van der Waals surface area contributed by atoms with E-state index in [4.69, 9.17) is 4.42 Å². The Morgan fingerprint density at radius 2 is 0.825 bits per heavy atom. The highest BCUT2D eigenvalue weighted by Crippen LogP contribution is 2.43. The average molecular weight is 805 g/mol. The Bertz CT molecular complexity index is 3560. The van der Waals surface area contributed by atoms with Crippen LogP contribution in [0.1, 0.15) is 0 Å². The third-order valence-electron chi connectivity index (χ3n) is 12.4. The summed E-state index contributed by atoms with van der Waals surface area (Å²) in [4.78, 5) is 2.38. The zero-order valence-corrected chi connectivity index (χ0v) is 34.4. The number of furan rings is 1. The normalized spacial score (nSPS) is 11.5. The van der Waals surface area contributed by atoms with E-state index in [0.29, 0.717) is 0 Å². The standard InChI is InChI=1S/C60H40N2O/c1-2-15-43(16-3-1)50-21-4-8-26-55(50)61(47-35-31-41(32-36-47)44-17-12-19-46(39-44)51-25-14-30-59-60(51)54-24-7-11-29-58(54)63-59)48-37-33-42(34-38-48)45-18-13-20-49(40-45)62-56-27-9-5-22-52(56)53-23-6-10-28-57(53)62/h1-40H. The van der Waals surface area contributed by atoms with Gasteiger partial charge in [-0.1, -0.05) is 170 Å². The Labute approximate surface area is 366 Å².